The SMILES string of the molecule is COc1ccc([C@H]2C=C(C(=O)NC3CCC3)O[C@@H](OCCN(CCO)S(=O)(=O)c3ccc(OC)cc3)C2)cc1. The van der Waals surface area contributed by atoms with Crippen LogP contribution in [0.25, 0.3) is 0 Å². The minimum Gasteiger partial charge on any atom is -0.497 e. The van der Waals surface area contributed by atoms with E-state index in [0.717, 1.165) is 30.6 Å². The Labute approximate surface area is 229 Å². The van der Waals surface area contributed by atoms with Crippen molar-refractivity contribution in [2.45, 2.75) is 48.8 Å². The molecular formula is C28H36N2O8S. The van der Waals surface area contributed by atoms with E-state index in [1.165, 1.54) is 23.5 Å². The van der Waals surface area contributed by atoms with Gasteiger partial charge in [-0.15, -0.1) is 0 Å². The molecule has 0 radical (unpaired) electrons. The second-order valence-corrected chi connectivity index (χ2v) is 11.4. The van der Waals surface area contributed by atoms with Crippen LogP contribution in [0.15, 0.2) is 65.3 Å². The van der Waals surface area contributed by atoms with Gasteiger partial charge in [-0.05, 0) is 67.3 Å². The van der Waals surface area contributed by atoms with Gasteiger partial charge >= 0.3 is 0 Å². The van der Waals surface area contributed by atoms with Crippen molar-refractivity contribution < 1.29 is 37.3 Å². The van der Waals surface area contributed by atoms with E-state index in [0.29, 0.717) is 12.2 Å². The molecule has 2 aromatic carbocycles. The highest BCUT2D eigenvalue weighted by Crippen LogP contribution is 2.33. The summed E-state index contributed by atoms with van der Waals surface area (Å²) in [5, 5.41) is 12.5. The molecule has 212 valence electrons. The van der Waals surface area contributed by atoms with Crippen molar-refractivity contribution in [3.8, 4) is 11.5 Å². The van der Waals surface area contributed by atoms with Gasteiger partial charge in [-0.3, -0.25) is 4.79 Å². The third-order valence-electron chi connectivity index (χ3n) is 6.96. The van der Waals surface area contributed by atoms with E-state index >= 15 is 0 Å². The second-order valence-electron chi connectivity index (χ2n) is 9.47. The number of ether oxygens (including phenoxy) is 4. The van der Waals surface area contributed by atoms with E-state index in [-0.39, 0.29) is 54.8 Å². The fourth-order valence-electron chi connectivity index (χ4n) is 4.46. The van der Waals surface area contributed by atoms with Crippen molar-refractivity contribution in [1.29, 1.82) is 0 Å². The van der Waals surface area contributed by atoms with Crippen LogP contribution in [-0.4, -0.2) is 76.6 Å². The van der Waals surface area contributed by atoms with Gasteiger partial charge in [0.25, 0.3) is 5.91 Å². The monoisotopic (exact) mass is 560 g/mol. The maximum Gasteiger partial charge on any atom is 0.286 e. The maximum atomic E-state index is 13.2. The molecule has 1 aliphatic carbocycles. The van der Waals surface area contributed by atoms with E-state index in [4.69, 9.17) is 18.9 Å². The quantitative estimate of drug-likeness (QED) is 0.383. The lowest BCUT2D eigenvalue weighted by atomic mass is 9.91. The van der Waals surface area contributed by atoms with Crippen molar-refractivity contribution in [3.05, 3.63) is 65.9 Å². The lowest BCUT2D eigenvalue weighted by molar-refractivity contribution is -0.147. The van der Waals surface area contributed by atoms with Gasteiger partial charge < -0.3 is 29.4 Å². The molecule has 2 aliphatic rings. The summed E-state index contributed by atoms with van der Waals surface area (Å²) < 4.78 is 49.8. The third-order valence-corrected chi connectivity index (χ3v) is 8.87. The number of nitrogens with one attached hydrogen (secondary N) is 1. The summed E-state index contributed by atoms with van der Waals surface area (Å²) in [5.74, 6) is 1.03. The molecule has 1 heterocycles. The average Bonchev–Trinajstić information content (AvgIpc) is 2.94. The zero-order chi connectivity index (χ0) is 27.8. The molecule has 0 spiro atoms. The van der Waals surface area contributed by atoms with Crippen LogP contribution in [0.4, 0.5) is 0 Å². The summed E-state index contributed by atoms with van der Waals surface area (Å²) in [6.07, 6.45) is 4.48. The lowest BCUT2D eigenvalue weighted by Gasteiger charge is -2.32. The standard InChI is InChI=1S/C28H36N2O8S/c1-35-23-8-6-20(7-9-23)21-18-26(28(32)29-22-4-3-5-22)38-27(19-21)37-17-15-30(14-16-31)39(33,34)25-12-10-24(36-2)11-13-25/h6-13,18,21-22,27,31H,3-5,14-17,19H2,1-2H3,(H,29,32)/t21-,27+/m0/s1. The number of carbonyl (C=O) groups is 1. The fourth-order valence-corrected chi connectivity index (χ4v) is 5.87. The van der Waals surface area contributed by atoms with Crippen LogP contribution in [0.1, 0.15) is 37.2 Å². The van der Waals surface area contributed by atoms with Gasteiger partial charge in [0, 0.05) is 31.5 Å². The summed E-state index contributed by atoms with van der Waals surface area (Å²) in [7, 11) is -0.771. The minimum absolute atomic E-state index is 0.00466. The Balaban J connectivity index is 1.44. The van der Waals surface area contributed by atoms with Gasteiger partial charge in [0.15, 0.2) is 5.76 Å². The number of amides is 1. The maximum absolute atomic E-state index is 13.2. The molecule has 0 unspecified atom stereocenters. The molecule has 1 saturated carbocycles. The molecule has 1 aliphatic heterocycles. The van der Waals surface area contributed by atoms with Gasteiger partial charge in [0.05, 0.1) is 32.3 Å². The number of methoxy groups -OCH3 is 2. The molecule has 0 saturated heterocycles. The number of allylic oxidation sites excluding steroid dienone is 1. The zero-order valence-electron chi connectivity index (χ0n) is 22.2. The number of rotatable bonds is 13. The fraction of sp³-hybridized carbons (Fsp3) is 0.464. The topological polar surface area (TPSA) is 124 Å². The van der Waals surface area contributed by atoms with Crippen LogP contribution in [-0.2, 0) is 24.3 Å². The molecule has 39 heavy (non-hydrogen) atoms. The first-order valence-corrected chi connectivity index (χ1v) is 14.5. The number of aliphatic hydroxyl groups excluding tert-OH is 1. The Hall–Kier alpha value is -3.12. The summed E-state index contributed by atoms with van der Waals surface area (Å²) in [5.41, 5.74) is 0.977. The number of sulfonamides is 1. The van der Waals surface area contributed by atoms with Crippen LogP contribution in [0, 0.1) is 0 Å². The first kappa shape index (κ1) is 28.9. The van der Waals surface area contributed by atoms with Gasteiger partial charge in [-0.25, -0.2) is 8.42 Å². The highest BCUT2D eigenvalue weighted by Gasteiger charge is 2.31. The molecule has 4 rings (SSSR count). The van der Waals surface area contributed by atoms with Crippen molar-refractivity contribution in [1.82, 2.24) is 9.62 Å². The lowest BCUT2D eigenvalue weighted by Crippen LogP contribution is -2.42. The molecule has 2 N–H and O–H groups in total. The van der Waals surface area contributed by atoms with Crippen molar-refractivity contribution in [2.24, 2.45) is 0 Å². The van der Waals surface area contributed by atoms with Gasteiger partial charge in [0.1, 0.15) is 11.5 Å². The number of carbonyl (C=O) groups excluding carboxylic acids is 1. The Morgan fingerprint density at radius 2 is 1.67 bits per heavy atom. The van der Waals surface area contributed by atoms with Gasteiger partial charge in [0.2, 0.25) is 16.3 Å². The van der Waals surface area contributed by atoms with E-state index < -0.39 is 16.3 Å². The molecule has 1 amide bonds. The van der Waals surface area contributed by atoms with Crippen LogP contribution < -0.4 is 14.8 Å². The number of benzene rings is 2. The van der Waals surface area contributed by atoms with Crippen LogP contribution in [0.2, 0.25) is 0 Å². The van der Waals surface area contributed by atoms with Crippen LogP contribution >= 0.6 is 0 Å². The molecule has 0 aromatic heterocycles. The predicted molar refractivity (Wildman–Crippen MR) is 144 cm³/mol. The summed E-state index contributed by atoms with van der Waals surface area (Å²) in [6.45, 7) is -0.433. The Bertz CT molecular complexity index is 1230. The van der Waals surface area contributed by atoms with Crippen LogP contribution in [0.3, 0.4) is 0 Å². The normalized spacial score (nSPS) is 19.5. The van der Waals surface area contributed by atoms with Crippen LogP contribution in [0.5, 0.6) is 11.5 Å². The number of nitrogens with zero attached hydrogens (tertiary/aromatic N) is 1. The summed E-state index contributed by atoms with van der Waals surface area (Å²) in [6, 6.07) is 13.8. The Kier molecular flexibility index (Phi) is 9.84. The molecular weight excluding hydrogens is 524 g/mol. The van der Waals surface area contributed by atoms with Crippen molar-refractivity contribution in [3.63, 3.8) is 0 Å². The first-order valence-electron chi connectivity index (χ1n) is 13.0. The number of hydrogen-bond acceptors (Lipinski definition) is 8. The first-order chi connectivity index (χ1) is 18.8. The predicted octanol–water partition coefficient (Wildman–Crippen LogP) is 2.79. The molecule has 2 aromatic rings. The molecule has 10 nitrogen and oxygen atoms in total. The second kappa shape index (κ2) is 13.3. The molecule has 0 bridgehead atoms. The van der Waals surface area contributed by atoms with Gasteiger partial charge in [-0.2, -0.15) is 4.31 Å². The van der Waals surface area contributed by atoms with Crippen molar-refractivity contribution >= 4 is 15.9 Å². The smallest absolute Gasteiger partial charge is 0.286 e. The highest BCUT2D eigenvalue weighted by atomic mass is 32.2. The highest BCUT2D eigenvalue weighted by molar-refractivity contribution is 7.89. The van der Waals surface area contributed by atoms with E-state index in [1.54, 1.807) is 19.2 Å². The van der Waals surface area contributed by atoms with Gasteiger partial charge in [-0.1, -0.05) is 12.1 Å². The third kappa shape index (κ3) is 7.30. The molecule has 1 fully saturated rings. The van der Waals surface area contributed by atoms with Crippen molar-refractivity contribution in [2.75, 3.05) is 40.5 Å². The minimum atomic E-state index is -3.88. The summed E-state index contributed by atoms with van der Waals surface area (Å²) in [4.78, 5) is 13.0. The van der Waals surface area contributed by atoms with E-state index in [2.05, 4.69) is 5.32 Å². The largest absolute Gasteiger partial charge is 0.497 e. The van der Waals surface area contributed by atoms with E-state index in [1.807, 2.05) is 30.3 Å². The number of aliphatic hydroxyl groups is 1. The average molecular weight is 561 g/mol. The Morgan fingerprint density at radius 1 is 1.03 bits per heavy atom. The molecule has 11 heteroatoms. The summed E-state index contributed by atoms with van der Waals surface area (Å²) >= 11 is 0. The number of hydrogen-bond donors (Lipinski definition) is 2. The van der Waals surface area contributed by atoms with E-state index in [9.17, 15) is 18.3 Å². The Morgan fingerprint density at radius 3 is 2.23 bits per heavy atom. The zero-order valence-corrected chi connectivity index (χ0v) is 23.1. The molecule has 2 atom stereocenters.